The number of carbonyl (C=O) groups is 1. The number of aromatic nitrogens is 1. The first-order valence-corrected chi connectivity index (χ1v) is 5.52. The topological polar surface area (TPSA) is 57.2 Å². The van der Waals surface area contributed by atoms with Crippen molar-refractivity contribution >= 4 is 5.97 Å². The number of nitrogens with zero attached hydrogens (tertiary/aromatic N) is 1. The Morgan fingerprint density at radius 3 is 2.81 bits per heavy atom. The zero-order valence-electron chi connectivity index (χ0n) is 10.1. The standard InChI is InChI=1S/C12H20N2O2/c1-9(2)12(13)10-4-6-14(8-10)7-5-11(15)16-3/h4,6,8-9,12H,5,7,13H2,1-3H3. The van der Waals surface area contributed by atoms with Crippen LogP contribution < -0.4 is 5.73 Å². The molecule has 0 bridgehead atoms. The monoisotopic (exact) mass is 224 g/mol. The fraction of sp³-hybridized carbons (Fsp3) is 0.583. The SMILES string of the molecule is COC(=O)CCn1ccc(C(N)C(C)C)c1. The molecule has 0 aliphatic rings. The molecule has 0 amide bonds. The molecule has 0 radical (unpaired) electrons. The lowest BCUT2D eigenvalue weighted by Crippen LogP contribution is -2.16. The maximum atomic E-state index is 11.0. The zero-order chi connectivity index (χ0) is 12.1. The van der Waals surface area contributed by atoms with Crippen LogP contribution in [0.4, 0.5) is 0 Å². The number of ether oxygens (including phenoxy) is 1. The van der Waals surface area contributed by atoms with Crippen molar-refractivity contribution in [1.82, 2.24) is 4.57 Å². The van der Waals surface area contributed by atoms with Crippen LogP contribution in [-0.4, -0.2) is 17.6 Å². The highest BCUT2D eigenvalue weighted by atomic mass is 16.5. The van der Waals surface area contributed by atoms with E-state index in [0.29, 0.717) is 18.9 Å². The first-order valence-electron chi connectivity index (χ1n) is 5.52. The van der Waals surface area contributed by atoms with Crippen molar-refractivity contribution in [2.45, 2.75) is 32.9 Å². The highest BCUT2D eigenvalue weighted by Gasteiger charge is 2.11. The van der Waals surface area contributed by atoms with Crippen LogP contribution in [0.5, 0.6) is 0 Å². The number of hydrogen-bond donors (Lipinski definition) is 1. The van der Waals surface area contributed by atoms with Gasteiger partial charge >= 0.3 is 5.97 Å². The van der Waals surface area contributed by atoms with E-state index < -0.39 is 0 Å². The van der Waals surface area contributed by atoms with E-state index >= 15 is 0 Å². The summed E-state index contributed by atoms with van der Waals surface area (Å²) in [6, 6.07) is 2.06. The average Bonchev–Trinajstić information content (AvgIpc) is 2.73. The van der Waals surface area contributed by atoms with E-state index in [1.54, 1.807) is 0 Å². The first-order chi connectivity index (χ1) is 7.54. The fourth-order valence-corrected chi connectivity index (χ4v) is 1.50. The molecule has 1 rings (SSSR count). The molecule has 1 aromatic heterocycles. The van der Waals surface area contributed by atoms with Gasteiger partial charge < -0.3 is 15.0 Å². The van der Waals surface area contributed by atoms with Crippen molar-refractivity contribution in [3.8, 4) is 0 Å². The van der Waals surface area contributed by atoms with E-state index in [1.807, 2.05) is 23.0 Å². The van der Waals surface area contributed by atoms with Gasteiger partial charge in [-0.15, -0.1) is 0 Å². The molecule has 0 spiro atoms. The molecule has 4 heteroatoms. The predicted octanol–water partition coefficient (Wildman–Crippen LogP) is 1.71. The van der Waals surface area contributed by atoms with E-state index in [9.17, 15) is 4.79 Å². The summed E-state index contributed by atoms with van der Waals surface area (Å²) < 4.78 is 6.55. The number of rotatable bonds is 5. The van der Waals surface area contributed by atoms with E-state index in [-0.39, 0.29) is 12.0 Å². The van der Waals surface area contributed by atoms with Gasteiger partial charge in [0.05, 0.1) is 13.5 Å². The minimum absolute atomic E-state index is 0.0550. The van der Waals surface area contributed by atoms with E-state index in [2.05, 4.69) is 18.6 Å². The maximum absolute atomic E-state index is 11.0. The number of aryl methyl sites for hydroxylation is 1. The molecule has 0 saturated carbocycles. The van der Waals surface area contributed by atoms with Gasteiger partial charge in [0.25, 0.3) is 0 Å². The summed E-state index contributed by atoms with van der Waals surface area (Å²) >= 11 is 0. The average molecular weight is 224 g/mol. The second kappa shape index (κ2) is 5.70. The van der Waals surface area contributed by atoms with Crippen molar-refractivity contribution < 1.29 is 9.53 Å². The van der Waals surface area contributed by atoms with Crippen LogP contribution in [0.25, 0.3) is 0 Å². The minimum atomic E-state index is -0.191. The molecule has 0 saturated heterocycles. The van der Waals surface area contributed by atoms with Crippen LogP contribution in [-0.2, 0) is 16.1 Å². The first kappa shape index (κ1) is 12.8. The summed E-state index contributed by atoms with van der Waals surface area (Å²) in [5.41, 5.74) is 7.14. The molecular weight excluding hydrogens is 204 g/mol. The van der Waals surface area contributed by atoms with Gasteiger partial charge in [-0.05, 0) is 17.5 Å². The largest absolute Gasteiger partial charge is 0.469 e. The van der Waals surface area contributed by atoms with Gasteiger partial charge in [0.2, 0.25) is 0 Å². The van der Waals surface area contributed by atoms with Crippen LogP contribution in [0, 0.1) is 5.92 Å². The minimum Gasteiger partial charge on any atom is -0.469 e. The second-order valence-corrected chi connectivity index (χ2v) is 4.28. The van der Waals surface area contributed by atoms with Gasteiger partial charge in [-0.1, -0.05) is 13.8 Å². The predicted molar refractivity (Wildman–Crippen MR) is 62.8 cm³/mol. The van der Waals surface area contributed by atoms with Crippen molar-refractivity contribution in [3.63, 3.8) is 0 Å². The summed E-state index contributed by atoms with van der Waals surface area (Å²) in [6.07, 6.45) is 4.33. The third kappa shape index (κ3) is 3.38. The normalized spacial score (nSPS) is 12.8. The molecule has 0 fully saturated rings. The van der Waals surface area contributed by atoms with Gasteiger partial charge in [-0.2, -0.15) is 0 Å². The van der Waals surface area contributed by atoms with Crippen LogP contribution in [0.1, 0.15) is 31.9 Å². The third-order valence-corrected chi connectivity index (χ3v) is 2.68. The van der Waals surface area contributed by atoms with Crippen LogP contribution in [0.2, 0.25) is 0 Å². The Labute approximate surface area is 96.4 Å². The number of nitrogens with two attached hydrogens (primary N) is 1. The number of methoxy groups -OCH3 is 1. The van der Waals surface area contributed by atoms with Crippen molar-refractivity contribution in [1.29, 1.82) is 0 Å². The highest BCUT2D eigenvalue weighted by Crippen LogP contribution is 2.18. The van der Waals surface area contributed by atoms with Crippen LogP contribution in [0.3, 0.4) is 0 Å². The lowest BCUT2D eigenvalue weighted by Gasteiger charge is -2.13. The summed E-state index contributed by atoms with van der Waals surface area (Å²) in [5.74, 6) is 0.222. The van der Waals surface area contributed by atoms with Crippen LogP contribution in [0.15, 0.2) is 18.5 Å². The number of esters is 1. The van der Waals surface area contributed by atoms with E-state index in [4.69, 9.17) is 5.73 Å². The van der Waals surface area contributed by atoms with Crippen molar-refractivity contribution in [3.05, 3.63) is 24.0 Å². The smallest absolute Gasteiger partial charge is 0.307 e. The molecule has 4 nitrogen and oxygen atoms in total. The van der Waals surface area contributed by atoms with Gasteiger partial charge in [-0.3, -0.25) is 4.79 Å². The van der Waals surface area contributed by atoms with Gasteiger partial charge in [0.1, 0.15) is 0 Å². The lowest BCUT2D eigenvalue weighted by atomic mass is 10.00. The summed E-state index contributed by atoms with van der Waals surface area (Å²) in [4.78, 5) is 11.0. The number of carbonyl (C=O) groups excluding carboxylic acids is 1. The van der Waals surface area contributed by atoms with Crippen LogP contribution >= 0.6 is 0 Å². The van der Waals surface area contributed by atoms with E-state index in [1.165, 1.54) is 7.11 Å². The molecule has 0 aromatic carbocycles. The highest BCUT2D eigenvalue weighted by molar-refractivity contribution is 5.68. The summed E-state index contributed by atoms with van der Waals surface area (Å²) in [5, 5.41) is 0. The summed E-state index contributed by atoms with van der Waals surface area (Å²) in [6.45, 7) is 4.82. The van der Waals surface area contributed by atoms with Gasteiger partial charge in [0.15, 0.2) is 0 Å². The molecule has 1 heterocycles. The molecule has 90 valence electrons. The van der Waals surface area contributed by atoms with Crippen molar-refractivity contribution in [2.24, 2.45) is 11.7 Å². The Bertz CT molecular complexity index is 345. The third-order valence-electron chi connectivity index (χ3n) is 2.68. The second-order valence-electron chi connectivity index (χ2n) is 4.28. The molecule has 1 unspecified atom stereocenters. The van der Waals surface area contributed by atoms with Gasteiger partial charge in [-0.25, -0.2) is 0 Å². The Hall–Kier alpha value is -1.29. The molecule has 0 aliphatic heterocycles. The van der Waals surface area contributed by atoms with E-state index in [0.717, 1.165) is 5.56 Å². The van der Waals surface area contributed by atoms with Crippen molar-refractivity contribution in [2.75, 3.05) is 7.11 Å². The number of hydrogen-bond acceptors (Lipinski definition) is 3. The molecule has 0 aliphatic carbocycles. The maximum Gasteiger partial charge on any atom is 0.307 e. The Balaban J connectivity index is 2.55. The molecule has 1 atom stereocenters. The Kier molecular flexibility index (Phi) is 4.55. The Morgan fingerprint density at radius 1 is 1.56 bits per heavy atom. The van der Waals surface area contributed by atoms with Gasteiger partial charge in [0, 0.05) is 25.0 Å². The zero-order valence-corrected chi connectivity index (χ0v) is 10.1. The molecule has 2 N–H and O–H groups in total. The fourth-order valence-electron chi connectivity index (χ4n) is 1.50. The molecule has 16 heavy (non-hydrogen) atoms. The Morgan fingerprint density at radius 2 is 2.25 bits per heavy atom. The molecular formula is C12H20N2O2. The quantitative estimate of drug-likeness (QED) is 0.774. The summed E-state index contributed by atoms with van der Waals surface area (Å²) in [7, 11) is 1.40. The lowest BCUT2D eigenvalue weighted by molar-refractivity contribution is -0.140. The molecule has 1 aromatic rings.